The minimum Gasteiger partial charge on any atom is -0.481 e. The SMILES string of the molecule is CCCCC(C(=O)O)C(O)c1ccc(F)c(Cl)c1. The fraction of sp³-hybridized carbons (Fsp3) is 0.462. The lowest BCUT2D eigenvalue weighted by atomic mass is 9.91. The summed E-state index contributed by atoms with van der Waals surface area (Å²) in [5.41, 5.74) is 0.324. The highest BCUT2D eigenvalue weighted by Gasteiger charge is 2.27. The van der Waals surface area contributed by atoms with E-state index in [9.17, 15) is 14.3 Å². The van der Waals surface area contributed by atoms with Crippen molar-refractivity contribution in [1.82, 2.24) is 0 Å². The van der Waals surface area contributed by atoms with Crippen molar-refractivity contribution in [2.24, 2.45) is 5.92 Å². The maximum atomic E-state index is 13.0. The number of halogens is 2. The first kappa shape index (κ1) is 14.9. The molecule has 2 unspecified atom stereocenters. The molecule has 5 heteroatoms. The van der Waals surface area contributed by atoms with Crippen molar-refractivity contribution in [2.45, 2.75) is 32.3 Å². The Hall–Kier alpha value is -1.13. The van der Waals surface area contributed by atoms with Crippen molar-refractivity contribution in [1.29, 1.82) is 0 Å². The van der Waals surface area contributed by atoms with Crippen LogP contribution in [0.1, 0.15) is 37.9 Å². The molecule has 0 aromatic heterocycles. The zero-order chi connectivity index (χ0) is 13.7. The lowest BCUT2D eigenvalue weighted by Crippen LogP contribution is -2.22. The molecule has 0 fully saturated rings. The molecule has 0 saturated heterocycles. The molecule has 0 aliphatic carbocycles. The summed E-state index contributed by atoms with van der Waals surface area (Å²) < 4.78 is 13.0. The van der Waals surface area contributed by atoms with Crippen LogP contribution in [0, 0.1) is 11.7 Å². The minimum absolute atomic E-state index is 0.119. The van der Waals surface area contributed by atoms with Gasteiger partial charge in [-0.05, 0) is 24.1 Å². The summed E-state index contributed by atoms with van der Waals surface area (Å²) in [7, 11) is 0. The van der Waals surface area contributed by atoms with Gasteiger partial charge in [-0.15, -0.1) is 0 Å². The highest BCUT2D eigenvalue weighted by Crippen LogP contribution is 2.29. The van der Waals surface area contributed by atoms with Gasteiger partial charge < -0.3 is 10.2 Å². The predicted octanol–water partition coefficient (Wildman–Crippen LogP) is 3.40. The van der Waals surface area contributed by atoms with Crippen LogP contribution in [0.4, 0.5) is 4.39 Å². The summed E-state index contributed by atoms with van der Waals surface area (Å²) in [5.74, 6) is -2.55. The van der Waals surface area contributed by atoms with E-state index in [-0.39, 0.29) is 5.02 Å². The van der Waals surface area contributed by atoms with Gasteiger partial charge in [-0.3, -0.25) is 4.79 Å². The minimum atomic E-state index is -1.17. The molecule has 0 amide bonds. The molecule has 0 aliphatic heterocycles. The number of aliphatic hydroxyl groups is 1. The summed E-state index contributed by atoms with van der Waals surface area (Å²) in [6.07, 6.45) is 0.762. The number of aliphatic carboxylic acids is 1. The highest BCUT2D eigenvalue weighted by atomic mass is 35.5. The summed E-state index contributed by atoms with van der Waals surface area (Å²) in [5, 5.41) is 19.0. The van der Waals surface area contributed by atoms with Crippen LogP contribution in [0.15, 0.2) is 18.2 Å². The second-order valence-corrected chi connectivity index (χ2v) is 4.61. The molecule has 2 atom stereocenters. The van der Waals surface area contributed by atoms with Crippen molar-refractivity contribution < 1.29 is 19.4 Å². The highest BCUT2D eigenvalue weighted by molar-refractivity contribution is 6.30. The van der Waals surface area contributed by atoms with E-state index in [2.05, 4.69) is 0 Å². The fourth-order valence-electron chi connectivity index (χ4n) is 1.77. The summed E-state index contributed by atoms with van der Waals surface area (Å²) in [6.45, 7) is 1.94. The standard InChI is InChI=1S/C13H16ClFO3/c1-2-3-4-9(13(17)18)12(16)8-5-6-11(15)10(14)7-8/h5-7,9,12,16H,2-4H2,1H3,(H,17,18). The number of unbranched alkanes of at least 4 members (excludes halogenated alkanes) is 1. The average Bonchev–Trinajstić information content (AvgIpc) is 2.32. The first-order valence-electron chi connectivity index (χ1n) is 5.83. The molecule has 0 aliphatic rings. The van der Waals surface area contributed by atoms with Gasteiger partial charge in [-0.1, -0.05) is 37.4 Å². The third-order valence-electron chi connectivity index (χ3n) is 2.85. The third-order valence-corrected chi connectivity index (χ3v) is 3.14. The zero-order valence-electron chi connectivity index (χ0n) is 10.1. The molecule has 1 rings (SSSR count). The van der Waals surface area contributed by atoms with Gasteiger partial charge in [0.2, 0.25) is 0 Å². The average molecular weight is 275 g/mol. The Morgan fingerprint density at radius 2 is 2.17 bits per heavy atom. The zero-order valence-corrected chi connectivity index (χ0v) is 10.8. The molecule has 0 bridgehead atoms. The monoisotopic (exact) mass is 274 g/mol. The second-order valence-electron chi connectivity index (χ2n) is 4.21. The van der Waals surface area contributed by atoms with Gasteiger partial charge in [0.25, 0.3) is 0 Å². The van der Waals surface area contributed by atoms with Crippen molar-refractivity contribution in [3.8, 4) is 0 Å². The van der Waals surface area contributed by atoms with E-state index in [4.69, 9.17) is 16.7 Å². The molecule has 0 radical (unpaired) electrons. The number of rotatable bonds is 6. The van der Waals surface area contributed by atoms with Gasteiger partial charge >= 0.3 is 5.97 Å². The topological polar surface area (TPSA) is 57.5 Å². The molecule has 0 saturated carbocycles. The van der Waals surface area contributed by atoms with Crippen LogP contribution in [-0.4, -0.2) is 16.2 Å². The maximum Gasteiger partial charge on any atom is 0.309 e. The van der Waals surface area contributed by atoms with Gasteiger partial charge in [0, 0.05) is 0 Å². The smallest absolute Gasteiger partial charge is 0.309 e. The molecule has 3 nitrogen and oxygen atoms in total. The largest absolute Gasteiger partial charge is 0.481 e. The Kier molecular flexibility index (Phi) is 5.56. The van der Waals surface area contributed by atoms with Crippen LogP contribution < -0.4 is 0 Å². The number of hydrogen-bond acceptors (Lipinski definition) is 2. The molecular weight excluding hydrogens is 259 g/mol. The van der Waals surface area contributed by atoms with Crippen LogP contribution in [-0.2, 0) is 4.79 Å². The molecule has 2 N–H and O–H groups in total. The van der Waals surface area contributed by atoms with Crippen LogP contribution in [0.5, 0.6) is 0 Å². The van der Waals surface area contributed by atoms with E-state index in [0.717, 1.165) is 12.5 Å². The first-order valence-corrected chi connectivity index (χ1v) is 6.21. The summed E-state index contributed by atoms with van der Waals surface area (Å²) in [6, 6.07) is 3.75. The van der Waals surface area contributed by atoms with Crippen LogP contribution in [0.3, 0.4) is 0 Å². The molecule has 100 valence electrons. The number of aliphatic hydroxyl groups excluding tert-OH is 1. The van der Waals surface area contributed by atoms with E-state index in [1.807, 2.05) is 6.92 Å². The molecule has 18 heavy (non-hydrogen) atoms. The normalized spacial score (nSPS) is 14.2. The number of hydrogen-bond donors (Lipinski definition) is 2. The number of benzene rings is 1. The van der Waals surface area contributed by atoms with Crippen LogP contribution in [0.2, 0.25) is 5.02 Å². The molecule has 0 heterocycles. The Morgan fingerprint density at radius 1 is 1.50 bits per heavy atom. The lowest BCUT2D eigenvalue weighted by Gasteiger charge is -2.19. The van der Waals surface area contributed by atoms with Crippen LogP contribution >= 0.6 is 11.6 Å². The van der Waals surface area contributed by atoms with E-state index in [0.29, 0.717) is 18.4 Å². The first-order chi connectivity index (χ1) is 8.47. The summed E-state index contributed by atoms with van der Waals surface area (Å²) >= 11 is 5.61. The van der Waals surface area contributed by atoms with Crippen molar-refractivity contribution in [3.05, 3.63) is 34.6 Å². The third kappa shape index (κ3) is 3.68. The maximum absolute atomic E-state index is 13.0. The quantitative estimate of drug-likeness (QED) is 0.836. The van der Waals surface area contributed by atoms with Crippen molar-refractivity contribution in [3.63, 3.8) is 0 Å². The van der Waals surface area contributed by atoms with E-state index in [1.54, 1.807) is 0 Å². The van der Waals surface area contributed by atoms with Gasteiger partial charge in [-0.2, -0.15) is 0 Å². The fourth-order valence-corrected chi connectivity index (χ4v) is 1.96. The van der Waals surface area contributed by atoms with E-state index in [1.165, 1.54) is 12.1 Å². The Labute approximate surface area is 110 Å². The lowest BCUT2D eigenvalue weighted by molar-refractivity contribution is -0.146. The Morgan fingerprint density at radius 3 is 2.67 bits per heavy atom. The Balaban J connectivity index is 2.90. The number of carboxylic acids is 1. The second kappa shape index (κ2) is 6.71. The predicted molar refractivity (Wildman–Crippen MR) is 67.0 cm³/mol. The molecule has 1 aromatic carbocycles. The van der Waals surface area contributed by atoms with Crippen LogP contribution in [0.25, 0.3) is 0 Å². The van der Waals surface area contributed by atoms with Crippen molar-refractivity contribution in [2.75, 3.05) is 0 Å². The molecule has 1 aromatic rings. The van der Waals surface area contributed by atoms with Gasteiger partial charge in [-0.25, -0.2) is 4.39 Å². The molecule has 0 spiro atoms. The van der Waals surface area contributed by atoms with E-state index >= 15 is 0 Å². The van der Waals surface area contributed by atoms with Gasteiger partial charge in [0.1, 0.15) is 5.82 Å². The van der Waals surface area contributed by atoms with Gasteiger partial charge in [0.15, 0.2) is 0 Å². The Bertz CT molecular complexity index is 423. The van der Waals surface area contributed by atoms with Gasteiger partial charge in [0.05, 0.1) is 17.0 Å². The molecular formula is C13H16ClFO3. The van der Waals surface area contributed by atoms with E-state index < -0.39 is 23.8 Å². The number of carbonyl (C=O) groups is 1. The number of carboxylic acid groups (broad SMARTS) is 1. The summed E-state index contributed by atoms with van der Waals surface area (Å²) in [4.78, 5) is 11.1. The van der Waals surface area contributed by atoms with Crippen molar-refractivity contribution >= 4 is 17.6 Å².